The normalized spacial score (nSPS) is 20.2. The molecule has 1 atom stereocenters. The van der Waals surface area contributed by atoms with Crippen molar-refractivity contribution in [2.24, 2.45) is 0 Å². The van der Waals surface area contributed by atoms with Gasteiger partial charge in [-0.15, -0.1) is 0 Å². The molecule has 16 heavy (non-hydrogen) atoms. The predicted molar refractivity (Wildman–Crippen MR) is 65.3 cm³/mol. The van der Waals surface area contributed by atoms with E-state index in [1.54, 1.807) is 0 Å². The van der Waals surface area contributed by atoms with E-state index in [-0.39, 0.29) is 0 Å². The van der Waals surface area contributed by atoms with E-state index in [2.05, 4.69) is 18.3 Å². The number of benzene rings is 1. The molecule has 1 nitrogen and oxygen atoms in total. The quantitative estimate of drug-likeness (QED) is 0.823. The molecule has 0 bridgehead atoms. The van der Waals surface area contributed by atoms with Crippen molar-refractivity contribution in [3.63, 3.8) is 0 Å². The highest BCUT2D eigenvalue weighted by molar-refractivity contribution is 5.30. The summed E-state index contributed by atoms with van der Waals surface area (Å²) in [5.74, 6) is 0. The SMILES string of the molecule is CNC(C)Cc1cccc(C2(F)CCC2)c1. The van der Waals surface area contributed by atoms with Gasteiger partial charge < -0.3 is 5.32 Å². The maximum absolute atomic E-state index is 14.2. The second kappa shape index (κ2) is 4.54. The Morgan fingerprint density at radius 1 is 1.44 bits per heavy atom. The summed E-state index contributed by atoms with van der Waals surface area (Å²) in [5.41, 5.74) is 1.07. The third-order valence-corrected chi connectivity index (χ3v) is 3.63. The molecule has 0 radical (unpaired) electrons. The Balaban J connectivity index is 2.13. The van der Waals surface area contributed by atoms with Gasteiger partial charge in [0.2, 0.25) is 0 Å². The average Bonchev–Trinajstić information content (AvgIpc) is 2.26. The van der Waals surface area contributed by atoms with E-state index in [1.165, 1.54) is 5.56 Å². The Bertz CT molecular complexity index is 358. The third-order valence-electron chi connectivity index (χ3n) is 3.63. The van der Waals surface area contributed by atoms with Crippen LogP contribution in [0.5, 0.6) is 0 Å². The first-order valence-corrected chi connectivity index (χ1v) is 6.10. The van der Waals surface area contributed by atoms with E-state index >= 15 is 0 Å². The Morgan fingerprint density at radius 2 is 2.19 bits per heavy atom. The van der Waals surface area contributed by atoms with E-state index < -0.39 is 5.67 Å². The number of hydrogen-bond donors (Lipinski definition) is 1. The number of alkyl halides is 1. The summed E-state index contributed by atoms with van der Waals surface area (Å²) in [4.78, 5) is 0. The van der Waals surface area contributed by atoms with Crippen LogP contribution in [0.4, 0.5) is 4.39 Å². The first-order chi connectivity index (χ1) is 7.64. The molecular formula is C14H20FN. The van der Waals surface area contributed by atoms with Crippen molar-refractivity contribution in [2.75, 3.05) is 7.05 Å². The highest BCUT2D eigenvalue weighted by atomic mass is 19.1. The predicted octanol–water partition coefficient (Wildman–Crippen LogP) is 3.19. The van der Waals surface area contributed by atoms with Gasteiger partial charge in [0.25, 0.3) is 0 Å². The minimum absolute atomic E-state index is 0.437. The molecule has 1 saturated carbocycles. The summed E-state index contributed by atoms with van der Waals surface area (Å²) < 4.78 is 14.2. The second-order valence-electron chi connectivity index (χ2n) is 4.91. The van der Waals surface area contributed by atoms with Crippen LogP contribution >= 0.6 is 0 Å². The molecule has 1 aromatic carbocycles. The maximum atomic E-state index is 14.2. The van der Waals surface area contributed by atoms with Crippen LogP contribution in [0, 0.1) is 0 Å². The number of halogens is 1. The van der Waals surface area contributed by atoms with Crippen LogP contribution < -0.4 is 5.32 Å². The van der Waals surface area contributed by atoms with Crippen molar-refractivity contribution >= 4 is 0 Å². The van der Waals surface area contributed by atoms with Gasteiger partial charge in [0, 0.05) is 6.04 Å². The molecule has 0 aromatic heterocycles. The highest BCUT2D eigenvalue weighted by Gasteiger charge is 2.38. The van der Waals surface area contributed by atoms with Crippen LogP contribution in [-0.2, 0) is 12.1 Å². The van der Waals surface area contributed by atoms with Crippen LogP contribution in [0.15, 0.2) is 24.3 Å². The van der Waals surface area contributed by atoms with E-state index in [0.717, 1.165) is 18.4 Å². The van der Waals surface area contributed by atoms with Crippen molar-refractivity contribution in [3.8, 4) is 0 Å². The molecule has 0 heterocycles. The molecule has 88 valence electrons. The topological polar surface area (TPSA) is 12.0 Å². The van der Waals surface area contributed by atoms with Crippen LogP contribution in [0.2, 0.25) is 0 Å². The molecule has 0 aliphatic heterocycles. The van der Waals surface area contributed by atoms with Crippen LogP contribution in [0.25, 0.3) is 0 Å². The molecule has 1 aromatic rings. The average molecular weight is 221 g/mol. The minimum Gasteiger partial charge on any atom is -0.317 e. The molecule has 1 aliphatic carbocycles. The lowest BCUT2D eigenvalue weighted by Gasteiger charge is -2.34. The van der Waals surface area contributed by atoms with Crippen LogP contribution in [0.3, 0.4) is 0 Å². The molecule has 1 aliphatic rings. The van der Waals surface area contributed by atoms with Gasteiger partial charge in [-0.25, -0.2) is 4.39 Å². The van der Waals surface area contributed by atoms with E-state index in [4.69, 9.17) is 0 Å². The van der Waals surface area contributed by atoms with Gasteiger partial charge in [-0.3, -0.25) is 0 Å². The zero-order valence-electron chi connectivity index (χ0n) is 10.1. The number of hydrogen-bond acceptors (Lipinski definition) is 1. The fourth-order valence-electron chi connectivity index (χ4n) is 2.21. The summed E-state index contributed by atoms with van der Waals surface area (Å²) >= 11 is 0. The van der Waals surface area contributed by atoms with Gasteiger partial charge in [-0.2, -0.15) is 0 Å². The zero-order chi connectivity index (χ0) is 11.6. The lowest BCUT2D eigenvalue weighted by atomic mass is 9.76. The van der Waals surface area contributed by atoms with Gasteiger partial charge in [0.1, 0.15) is 5.67 Å². The summed E-state index contributed by atoms with van der Waals surface area (Å²) in [6.07, 6.45) is 3.37. The molecule has 1 N–H and O–H groups in total. The van der Waals surface area contributed by atoms with Crippen molar-refractivity contribution in [1.82, 2.24) is 5.32 Å². The van der Waals surface area contributed by atoms with Gasteiger partial charge in [0.15, 0.2) is 0 Å². The molecule has 2 rings (SSSR count). The molecule has 0 spiro atoms. The van der Waals surface area contributed by atoms with Crippen molar-refractivity contribution in [2.45, 2.75) is 44.3 Å². The maximum Gasteiger partial charge on any atom is 0.136 e. The molecule has 1 fully saturated rings. The zero-order valence-corrected chi connectivity index (χ0v) is 10.1. The standard InChI is InChI=1S/C14H20FN/c1-11(16-2)9-12-5-3-6-13(10-12)14(15)7-4-8-14/h3,5-6,10-11,16H,4,7-9H2,1-2H3. The van der Waals surface area contributed by atoms with Crippen molar-refractivity contribution in [3.05, 3.63) is 35.4 Å². The third kappa shape index (κ3) is 2.27. The fourth-order valence-corrected chi connectivity index (χ4v) is 2.21. The first kappa shape index (κ1) is 11.6. The number of rotatable bonds is 4. The Kier molecular flexibility index (Phi) is 3.29. The van der Waals surface area contributed by atoms with Crippen LogP contribution in [0.1, 0.15) is 37.3 Å². The van der Waals surface area contributed by atoms with Gasteiger partial charge in [-0.1, -0.05) is 24.3 Å². The molecular weight excluding hydrogens is 201 g/mol. The smallest absolute Gasteiger partial charge is 0.136 e. The monoisotopic (exact) mass is 221 g/mol. The largest absolute Gasteiger partial charge is 0.317 e. The summed E-state index contributed by atoms with van der Waals surface area (Å²) in [7, 11) is 1.96. The second-order valence-corrected chi connectivity index (χ2v) is 4.91. The van der Waals surface area contributed by atoms with Crippen LogP contribution in [-0.4, -0.2) is 13.1 Å². The van der Waals surface area contributed by atoms with E-state index in [1.807, 2.05) is 25.2 Å². The van der Waals surface area contributed by atoms with E-state index in [9.17, 15) is 4.39 Å². The molecule has 2 heteroatoms. The van der Waals surface area contributed by atoms with Gasteiger partial charge in [-0.05, 0) is 50.8 Å². The van der Waals surface area contributed by atoms with Crippen molar-refractivity contribution in [1.29, 1.82) is 0 Å². The molecule has 1 unspecified atom stereocenters. The summed E-state index contributed by atoms with van der Waals surface area (Å²) in [6, 6.07) is 8.46. The van der Waals surface area contributed by atoms with Gasteiger partial charge in [0.05, 0.1) is 0 Å². The van der Waals surface area contributed by atoms with Gasteiger partial charge >= 0.3 is 0 Å². The minimum atomic E-state index is -1.03. The van der Waals surface area contributed by atoms with E-state index in [0.29, 0.717) is 18.9 Å². The summed E-state index contributed by atoms with van der Waals surface area (Å²) in [5, 5.41) is 3.21. The molecule has 0 saturated heterocycles. The lowest BCUT2D eigenvalue weighted by Crippen LogP contribution is -2.29. The molecule has 0 amide bonds. The number of likely N-dealkylation sites (N-methyl/N-ethyl adjacent to an activating group) is 1. The Morgan fingerprint density at radius 3 is 2.75 bits per heavy atom. The Hall–Kier alpha value is -0.890. The number of nitrogens with one attached hydrogen (secondary N) is 1. The highest BCUT2D eigenvalue weighted by Crippen LogP contribution is 2.45. The fraction of sp³-hybridized carbons (Fsp3) is 0.571. The lowest BCUT2D eigenvalue weighted by molar-refractivity contribution is 0.0608. The van der Waals surface area contributed by atoms with Crippen molar-refractivity contribution < 1.29 is 4.39 Å². The summed E-state index contributed by atoms with van der Waals surface area (Å²) in [6.45, 7) is 2.14. The first-order valence-electron chi connectivity index (χ1n) is 6.10. The Labute approximate surface area is 97.1 Å².